The monoisotopic (exact) mass is 289 g/mol. The maximum Gasteiger partial charge on any atom is 0.310 e. The molecule has 0 aliphatic heterocycles. The van der Waals surface area contributed by atoms with Gasteiger partial charge < -0.3 is 10.4 Å². The average molecular weight is 289 g/mol. The average Bonchev–Trinajstić information content (AvgIpc) is 2.91. The van der Waals surface area contributed by atoms with E-state index < -0.39 is 11.4 Å². The van der Waals surface area contributed by atoms with Crippen LogP contribution in [0, 0.1) is 12.3 Å². The molecule has 1 saturated carbocycles. The van der Waals surface area contributed by atoms with Crippen molar-refractivity contribution in [2.24, 2.45) is 5.41 Å². The second-order valence-corrected chi connectivity index (χ2v) is 6.00. The van der Waals surface area contributed by atoms with E-state index >= 15 is 0 Å². The zero-order chi connectivity index (χ0) is 15.3. The maximum atomic E-state index is 12.0. The first-order chi connectivity index (χ1) is 10.0. The molecule has 4 nitrogen and oxygen atoms in total. The molecule has 1 amide bonds. The fourth-order valence-electron chi connectivity index (χ4n) is 3.12. The molecule has 0 spiro atoms. The third-order valence-electron chi connectivity index (χ3n) is 4.49. The Hall–Kier alpha value is -1.84. The van der Waals surface area contributed by atoms with Gasteiger partial charge in [-0.05, 0) is 37.3 Å². The second kappa shape index (κ2) is 6.74. The summed E-state index contributed by atoms with van der Waals surface area (Å²) in [6.07, 6.45) is 3.93. The summed E-state index contributed by atoms with van der Waals surface area (Å²) in [6, 6.07) is 8.09. The molecule has 1 aliphatic carbocycles. The Kier molecular flexibility index (Phi) is 4.99. The molecule has 0 saturated heterocycles. The van der Waals surface area contributed by atoms with Gasteiger partial charge in [-0.2, -0.15) is 0 Å². The lowest BCUT2D eigenvalue weighted by Crippen LogP contribution is -2.36. The van der Waals surface area contributed by atoms with Gasteiger partial charge in [0.1, 0.15) is 0 Å². The molecule has 2 N–H and O–H groups in total. The smallest absolute Gasteiger partial charge is 0.310 e. The highest BCUT2D eigenvalue weighted by atomic mass is 16.4. The summed E-state index contributed by atoms with van der Waals surface area (Å²) in [6.45, 7) is 2.61. The number of carbonyl (C=O) groups excluding carboxylic acids is 1. The summed E-state index contributed by atoms with van der Waals surface area (Å²) in [5, 5.41) is 12.2. The molecule has 2 rings (SSSR count). The van der Waals surface area contributed by atoms with E-state index in [1.165, 1.54) is 11.1 Å². The van der Waals surface area contributed by atoms with Gasteiger partial charge in [-0.3, -0.25) is 9.59 Å². The van der Waals surface area contributed by atoms with Gasteiger partial charge in [0.25, 0.3) is 0 Å². The largest absolute Gasteiger partial charge is 0.481 e. The van der Waals surface area contributed by atoms with Gasteiger partial charge in [0.15, 0.2) is 0 Å². The van der Waals surface area contributed by atoms with Crippen LogP contribution in [0.2, 0.25) is 0 Å². The third kappa shape index (κ3) is 3.84. The van der Waals surface area contributed by atoms with Crippen molar-refractivity contribution in [3.8, 4) is 0 Å². The van der Waals surface area contributed by atoms with E-state index in [9.17, 15) is 14.7 Å². The Bertz CT molecular complexity index is 519. The number of amides is 1. The lowest BCUT2D eigenvalue weighted by molar-refractivity contribution is -0.151. The van der Waals surface area contributed by atoms with Crippen LogP contribution < -0.4 is 5.32 Å². The molecule has 0 bridgehead atoms. The SMILES string of the molecule is Cc1ccccc1CCNC(=O)CC1(C(=O)O)CCCC1. The van der Waals surface area contributed by atoms with Crippen LogP contribution in [0.3, 0.4) is 0 Å². The van der Waals surface area contributed by atoms with Crippen LogP contribution in [0.25, 0.3) is 0 Å². The lowest BCUT2D eigenvalue weighted by Gasteiger charge is -2.22. The summed E-state index contributed by atoms with van der Waals surface area (Å²) in [5.74, 6) is -0.970. The molecule has 1 fully saturated rings. The molecule has 0 radical (unpaired) electrons. The van der Waals surface area contributed by atoms with Gasteiger partial charge in [0.2, 0.25) is 5.91 Å². The fraction of sp³-hybridized carbons (Fsp3) is 0.529. The molecular formula is C17H23NO3. The Labute approximate surface area is 125 Å². The molecule has 0 aromatic heterocycles. The number of hydrogen-bond donors (Lipinski definition) is 2. The minimum atomic E-state index is -0.827. The second-order valence-electron chi connectivity index (χ2n) is 6.00. The number of aryl methyl sites for hydroxylation is 1. The highest BCUT2D eigenvalue weighted by Crippen LogP contribution is 2.41. The summed E-state index contributed by atoms with van der Waals surface area (Å²) in [5.41, 5.74) is 1.60. The number of benzene rings is 1. The minimum absolute atomic E-state index is 0.107. The first kappa shape index (κ1) is 15.5. The molecule has 1 aromatic carbocycles. The maximum absolute atomic E-state index is 12.0. The Balaban J connectivity index is 1.82. The van der Waals surface area contributed by atoms with Gasteiger partial charge in [0.05, 0.1) is 5.41 Å². The Morgan fingerprint density at radius 1 is 1.24 bits per heavy atom. The van der Waals surface area contributed by atoms with E-state index in [4.69, 9.17) is 0 Å². The highest BCUT2D eigenvalue weighted by molar-refractivity contribution is 5.85. The Morgan fingerprint density at radius 2 is 1.90 bits per heavy atom. The zero-order valence-electron chi connectivity index (χ0n) is 12.5. The number of carbonyl (C=O) groups is 2. The predicted molar refractivity (Wildman–Crippen MR) is 81.0 cm³/mol. The zero-order valence-corrected chi connectivity index (χ0v) is 12.5. The van der Waals surface area contributed by atoms with E-state index in [2.05, 4.69) is 24.4 Å². The van der Waals surface area contributed by atoms with Crippen LogP contribution in [0.4, 0.5) is 0 Å². The summed E-state index contributed by atoms with van der Waals surface area (Å²) >= 11 is 0. The van der Waals surface area contributed by atoms with Gasteiger partial charge >= 0.3 is 5.97 Å². The normalized spacial score (nSPS) is 16.6. The summed E-state index contributed by atoms with van der Waals surface area (Å²) in [7, 11) is 0. The highest BCUT2D eigenvalue weighted by Gasteiger charge is 2.42. The van der Waals surface area contributed by atoms with Crippen molar-refractivity contribution in [2.45, 2.75) is 45.4 Å². The van der Waals surface area contributed by atoms with Crippen LogP contribution in [0.15, 0.2) is 24.3 Å². The van der Waals surface area contributed by atoms with Crippen molar-refractivity contribution in [1.82, 2.24) is 5.32 Å². The van der Waals surface area contributed by atoms with E-state index in [0.717, 1.165) is 19.3 Å². The fourth-order valence-corrected chi connectivity index (χ4v) is 3.12. The van der Waals surface area contributed by atoms with E-state index in [1.54, 1.807) is 0 Å². The van der Waals surface area contributed by atoms with Crippen molar-refractivity contribution in [2.75, 3.05) is 6.54 Å². The molecular weight excluding hydrogens is 266 g/mol. The van der Waals surface area contributed by atoms with Crippen LogP contribution in [-0.4, -0.2) is 23.5 Å². The van der Waals surface area contributed by atoms with Crippen molar-refractivity contribution >= 4 is 11.9 Å². The number of aliphatic carboxylic acids is 1. The van der Waals surface area contributed by atoms with Crippen LogP contribution in [-0.2, 0) is 16.0 Å². The van der Waals surface area contributed by atoms with E-state index in [-0.39, 0.29) is 12.3 Å². The first-order valence-corrected chi connectivity index (χ1v) is 7.58. The van der Waals surface area contributed by atoms with Crippen molar-refractivity contribution < 1.29 is 14.7 Å². The van der Waals surface area contributed by atoms with E-state index in [0.29, 0.717) is 19.4 Å². The number of hydrogen-bond acceptors (Lipinski definition) is 2. The Morgan fingerprint density at radius 3 is 2.52 bits per heavy atom. The van der Waals surface area contributed by atoms with Gasteiger partial charge in [-0.1, -0.05) is 37.1 Å². The summed E-state index contributed by atoms with van der Waals surface area (Å²) < 4.78 is 0. The van der Waals surface area contributed by atoms with Crippen molar-refractivity contribution in [1.29, 1.82) is 0 Å². The van der Waals surface area contributed by atoms with Gasteiger partial charge in [-0.15, -0.1) is 0 Å². The summed E-state index contributed by atoms with van der Waals surface area (Å²) in [4.78, 5) is 23.4. The molecule has 4 heteroatoms. The molecule has 0 atom stereocenters. The van der Waals surface area contributed by atoms with Crippen LogP contribution >= 0.6 is 0 Å². The van der Waals surface area contributed by atoms with E-state index in [1.807, 2.05) is 12.1 Å². The lowest BCUT2D eigenvalue weighted by atomic mass is 9.82. The van der Waals surface area contributed by atoms with Crippen LogP contribution in [0.1, 0.15) is 43.2 Å². The van der Waals surface area contributed by atoms with Gasteiger partial charge in [0, 0.05) is 13.0 Å². The van der Waals surface area contributed by atoms with Crippen LogP contribution in [0.5, 0.6) is 0 Å². The number of carboxylic acids is 1. The molecule has 1 aromatic rings. The number of rotatable bonds is 6. The topological polar surface area (TPSA) is 66.4 Å². The number of carboxylic acid groups (broad SMARTS) is 1. The molecule has 1 aliphatic rings. The standard InChI is InChI=1S/C17H23NO3/c1-13-6-2-3-7-14(13)8-11-18-15(19)12-17(16(20)21)9-4-5-10-17/h2-3,6-7H,4-5,8-12H2,1H3,(H,18,19)(H,20,21). The number of nitrogens with one attached hydrogen (secondary N) is 1. The van der Waals surface area contributed by atoms with Crippen molar-refractivity contribution in [3.63, 3.8) is 0 Å². The third-order valence-corrected chi connectivity index (χ3v) is 4.49. The minimum Gasteiger partial charge on any atom is -0.481 e. The van der Waals surface area contributed by atoms with Gasteiger partial charge in [-0.25, -0.2) is 0 Å². The molecule has 114 valence electrons. The molecule has 21 heavy (non-hydrogen) atoms. The van der Waals surface area contributed by atoms with Crippen molar-refractivity contribution in [3.05, 3.63) is 35.4 Å². The first-order valence-electron chi connectivity index (χ1n) is 7.58. The quantitative estimate of drug-likeness (QED) is 0.846. The molecule has 0 heterocycles. The predicted octanol–water partition coefficient (Wildman–Crippen LogP) is 2.69. The molecule has 0 unspecified atom stereocenters.